The van der Waals surface area contributed by atoms with Crippen molar-refractivity contribution in [1.29, 1.82) is 0 Å². The van der Waals surface area contributed by atoms with Crippen LogP contribution in [0.15, 0.2) is 63.8 Å². The molecule has 0 amide bonds. The van der Waals surface area contributed by atoms with Gasteiger partial charge in [0.05, 0.1) is 25.7 Å². The Kier molecular flexibility index (Phi) is 16.3. The lowest BCUT2D eigenvalue weighted by atomic mass is 10.1. The quantitative estimate of drug-likeness (QED) is 0.207. The SMILES string of the molecule is C.C#CCOCc1ccco1.CI.OCc1ccco1.Oc1cccc2c1COC2. The molecule has 164 valence electrons. The third-order valence-corrected chi connectivity index (χ3v) is 3.50. The number of hydrogen-bond donors (Lipinski definition) is 2. The fourth-order valence-corrected chi connectivity index (χ4v) is 2.19. The first-order valence-electron chi connectivity index (χ1n) is 8.66. The van der Waals surface area contributed by atoms with Crippen molar-refractivity contribution in [3.8, 4) is 18.1 Å². The van der Waals surface area contributed by atoms with Gasteiger partial charge in [0.15, 0.2) is 0 Å². The van der Waals surface area contributed by atoms with Crippen LogP contribution in [-0.2, 0) is 35.9 Å². The summed E-state index contributed by atoms with van der Waals surface area (Å²) in [5, 5.41) is 17.6. The highest BCUT2D eigenvalue weighted by Gasteiger charge is 2.13. The number of aliphatic hydroxyl groups excluding tert-OH is 1. The predicted octanol–water partition coefficient (Wildman–Crippen LogP) is 5.31. The van der Waals surface area contributed by atoms with Crippen LogP contribution in [0.2, 0.25) is 0 Å². The van der Waals surface area contributed by atoms with Gasteiger partial charge < -0.3 is 28.5 Å². The van der Waals surface area contributed by atoms with Gasteiger partial charge in [-0.3, -0.25) is 0 Å². The van der Waals surface area contributed by atoms with Gasteiger partial charge in [-0.25, -0.2) is 0 Å². The van der Waals surface area contributed by atoms with E-state index in [9.17, 15) is 5.11 Å². The first-order valence-corrected chi connectivity index (χ1v) is 10.8. The van der Waals surface area contributed by atoms with Crippen molar-refractivity contribution < 1.29 is 28.5 Å². The van der Waals surface area contributed by atoms with Crippen LogP contribution in [0.5, 0.6) is 5.75 Å². The molecule has 1 aromatic carbocycles. The smallest absolute Gasteiger partial charge is 0.129 e. The summed E-state index contributed by atoms with van der Waals surface area (Å²) in [5.74, 6) is 4.13. The fraction of sp³-hybridized carbons (Fsp3) is 0.304. The van der Waals surface area contributed by atoms with Gasteiger partial charge >= 0.3 is 0 Å². The minimum Gasteiger partial charge on any atom is -0.508 e. The second-order valence-electron chi connectivity index (χ2n) is 5.42. The minimum atomic E-state index is -0.00694. The molecule has 3 aromatic rings. The third-order valence-electron chi connectivity index (χ3n) is 3.50. The van der Waals surface area contributed by atoms with Crippen molar-refractivity contribution in [3.63, 3.8) is 0 Å². The summed E-state index contributed by atoms with van der Waals surface area (Å²) in [5.41, 5.74) is 2.06. The normalized spacial score (nSPS) is 10.5. The molecule has 0 aliphatic carbocycles. The number of hydrogen-bond acceptors (Lipinski definition) is 6. The summed E-state index contributed by atoms with van der Waals surface area (Å²) in [6, 6.07) is 12.6. The van der Waals surface area contributed by atoms with E-state index in [-0.39, 0.29) is 14.0 Å². The number of terminal acetylenes is 1. The van der Waals surface area contributed by atoms with Crippen LogP contribution < -0.4 is 0 Å². The summed E-state index contributed by atoms with van der Waals surface area (Å²) in [6.45, 7) is 1.98. The van der Waals surface area contributed by atoms with E-state index in [0.29, 0.717) is 37.9 Å². The van der Waals surface area contributed by atoms with Crippen molar-refractivity contribution in [3.05, 3.63) is 77.6 Å². The van der Waals surface area contributed by atoms with Gasteiger partial charge in [0.2, 0.25) is 0 Å². The molecule has 4 rings (SSSR count). The van der Waals surface area contributed by atoms with Crippen LogP contribution >= 0.6 is 22.6 Å². The first kappa shape index (κ1) is 27.8. The lowest BCUT2D eigenvalue weighted by Crippen LogP contribution is -1.90. The molecule has 0 fully saturated rings. The van der Waals surface area contributed by atoms with Crippen LogP contribution in [-0.4, -0.2) is 21.8 Å². The maximum Gasteiger partial charge on any atom is 0.129 e. The summed E-state index contributed by atoms with van der Waals surface area (Å²) >= 11 is 2.15. The number of fused-ring (bicyclic) bond motifs is 1. The Bertz CT molecular complexity index is 807. The standard InChI is InChI=1S/2C8H8O2.C5H6O2.CH3I.CH4/c9-8-3-1-2-6-4-10-5-7(6)8;1-2-5-9-7-8-4-3-6-10-8;6-4-5-2-1-3-7-5;1-2;/h1-3,9H,4-5H2;1,3-4,6H,5,7H2;1-3,6H,4H2;1H3;1H4. The number of halogens is 1. The van der Waals surface area contributed by atoms with Crippen LogP contribution in [0.3, 0.4) is 0 Å². The zero-order chi connectivity index (χ0) is 21.3. The summed E-state index contributed by atoms with van der Waals surface area (Å²) in [7, 11) is 0. The van der Waals surface area contributed by atoms with E-state index in [4.69, 9.17) is 29.8 Å². The molecule has 0 unspecified atom stereocenters. The second kappa shape index (κ2) is 17.6. The second-order valence-corrected chi connectivity index (χ2v) is 5.42. The lowest BCUT2D eigenvalue weighted by molar-refractivity contribution is 0.133. The number of ether oxygens (including phenoxy) is 2. The van der Waals surface area contributed by atoms with Crippen LogP contribution in [0.4, 0.5) is 0 Å². The molecule has 0 spiro atoms. The zero-order valence-corrected chi connectivity index (χ0v) is 18.4. The molecule has 0 saturated carbocycles. The Labute approximate surface area is 192 Å². The molecule has 3 heterocycles. The molecular formula is C23H29IO6. The van der Waals surface area contributed by atoms with Gasteiger partial charge in [-0.2, -0.15) is 0 Å². The summed E-state index contributed by atoms with van der Waals surface area (Å²) in [4.78, 5) is 1.97. The number of phenols is 1. The van der Waals surface area contributed by atoms with Gasteiger partial charge in [0.1, 0.15) is 37.1 Å². The van der Waals surface area contributed by atoms with Gasteiger partial charge in [-0.15, -0.1) is 6.42 Å². The van der Waals surface area contributed by atoms with Crippen molar-refractivity contribution in [2.24, 2.45) is 0 Å². The van der Waals surface area contributed by atoms with Crippen molar-refractivity contribution >= 4 is 22.6 Å². The van der Waals surface area contributed by atoms with Crippen LogP contribution in [0.25, 0.3) is 0 Å². The number of furan rings is 2. The van der Waals surface area contributed by atoms with E-state index < -0.39 is 0 Å². The van der Waals surface area contributed by atoms with Gasteiger partial charge in [0.25, 0.3) is 0 Å². The monoisotopic (exact) mass is 528 g/mol. The van der Waals surface area contributed by atoms with Crippen molar-refractivity contribution in [2.75, 3.05) is 11.5 Å². The average Bonchev–Trinajstić information content (AvgIpc) is 3.53. The molecular weight excluding hydrogens is 499 g/mol. The van der Waals surface area contributed by atoms with E-state index >= 15 is 0 Å². The number of aliphatic hydroxyl groups is 1. The van der Waals surface area contributed by atoms with E-state index in [1.807, 2.05) is 29.2 Å². The largest absolute Gasteiger partial charge is 0.508 e. The van der Waals surface area contributed by atoms with E-state index in [1.54, 1.807) is 24.5 Å². The van der Waals surface area contributed by atoms with E-state index in [0.717, 1.165) is 16.9 Å². The van der Waals surface area contributed by atoms with E-state index in [2.05, 4.69) is 28.5 Å². The molecule has 0 bridgehead atoms. The predicted molar refractivity (Wildman–Crippen MR) is 125 cm³/mol. The molecule has 6 nitrogen and oxygen atoms in total. The first-order chi connectivity index (χ1) is 14.2. The highest BCUT2D eigenvalue weighted by molar-refractivity contribution is 14.1. The topological polar surface area (TPSA) is 85.2 Å². The Morgan fingerprint density at radius 2 is 1.70 bits per heavy atom. The highest BCUT2D eigenvalue weighted by Crippen LogP contribution is 2.27. The lowest BCUT2D eigenvalue weighted by Gasteiger charge is -1.97. The Hall–Kier alpha value is -2.25. The number of rotatable bonds is 4. The highest BCUT2D eigenvalue weighted by atomic mass is 127. The van der Waals surface area contributed by atoms with Crippen LogP contribution in [0.1, 0.15) is 30.1 Å². The average molecular weight is 528 g/mol. The Balaban J connectivity index is 0.000000403. The molecule has 2 N–H and O–H groups in total. The molecule has 0 atom stereocenters. The van der Waals surface area contributed by atoms with Crippen LogP contribution in [0, 0.1) is 12.3 Å². The maximum absolute atomic E-state index is 9.25. The zero-order valence-electron chi connectivity index (χ0n) is 16.2. The Morgan fingerprint density at radius 3 is 2.20 bits per heavy atom. The molecule has 0 radical (unpaired) electrons. The number of aromatic hydroxyl groups is 1. The van der Waals surface area contributed by atoms with Gasteiger partial charge in [0, 0.05) is 5.56 Å². The Morgan fingerprint density at radius 1 is 1.03 bits per heavy atom. The number of phenolic OH excluding ortho intramolecular Hbond substituents is 1. The molecule has 7 heteroatoms. The molecule has 30 heavy (non-hydrogen) atoms. The summed E-state index contributed by atoms with van der Waals surface area (Å²) in [6.07, 6.45) is 8.10. The minimum absolute atomic E-state index is 0. The number of alkyl halides is 1. The van der Waals surface area contributed by atoms with Gasteiger partial charge in [-0.05, 0) is 40.8 Å². The van der Waals surface area contributed by atoms with Crippen molar-refractivity contribution in [2.45, 2.75) is 33.9 Å². The molecule has 1 aliphatic rings. The van der Waals surface area contributed by atoms with Gasteiger partial charge in [-0.1, -0.05) is 48.1 Å². The summed E-state index contributed by atoms with van der Waals surface area (Å²) < 4.78 is 19.9. The maximum atomic E-state index is 9.25. The van der Waals surface area contributed by atoms with E-state index in [1.165, 1.54) is 6.26 Å². The fourth-order valence-electron chi connectivity index (χ4n) is 2.19. The molecule has 2 aromatic heterocycles. The third kappa shape index (κ3) is 10.5. The molecule has 0 saturated heterocycles. The molecule has 1 aliphatic heterocycles. The number of benzene rings is 1. The van der Waals surface area contributed by atoms with Crippen molar-refractivity contribution in [1.82, 2.24) is 0 Å².